The van der Waals surface area contributed by atoms with E-state index in [-0.39, 0.29) is 30.7 Å². The van der Waals surface area contributed by atoms with Gasteiger partial charge < -0.3 is 15.0 Å². The molecule has 4 nitrogen and oxygen atoms in total. The lowest BCUT2D eigenvalue weighted by molar-refractivity contribution is -0.138. The number of carbonyl (C=O) groups is 1. The predicted octanol–water partition coefficient (Wildman–Crippen LogP) is 2.72. The molecule has 1 aliphatic heterocycles. The van der Waals surface area contributed by atoms with Crippen molar-refractivity contribution in [3.63, 3.8) is 0 Å². The summed E-state index contributed by atoms with van der Waals surface area (Å²) in [4.78, 5) is 13.7. The van der Waals surface area contributed by atoms with Crippen LogP contribution in [0, 0.1) is 0 Å². The van der Waals surface area contributed by atoms with Crippen LogP contribution in [0.25, 0.3) is 0 Å². The SMILES string of the molecule is CNC1CCN(C(=O)COc2ccc(C(F)(F)F)cc2)CC1.Cl. The molecule has 0 atom stereocenters. The van der Waals surface area contributed by atoms with Gasteiger partial charge in [0.1, 0.15) is 5.75 Å². The van der Waals surface area contributed by atoms with Crippen LogP contribution in [0.1, 0.15) is 18.4 Å². The minimum atomic E-state index is -4.37. The van der Waals surface area contributed by atoms with E-state index in [0.717, 1.165) is 25.0 Å². The third kappa shape index (κ3) is 5.58. The van der Waals surface area contributed by atoms with Crippen LogP contribution < -0.4 is 10.1 Å². The van der Waals surface area contributed by atoms with Gasteiger partial charge in [0.05, 0.1) is 5.56 Å². The molecule has 1 N–H and O–H groups in total. The van der Waals surface area contributed by atoms with E-state index in [9.17, 15) is 18.0 Å². The molecule has 23 heavy (non-hydrogen) atoms. The highest BCUT2D eigenvalue weighted by molar-refractivity contribution is 5.85. The number of carbonyl (C=O) groups excluding carboxylic acids is 1. The van der Waals surface area contributed by atoms with E-state index < -0.39 is 11.7 Å². The van der Waals surface area contributed by atoms with Crippen molar-refractivity contribution in [1.82, 2.24) is 10.2 Å². The first-order valence-corrected chi connectivity index (χ1v) is 7.15. The Kier molecular flexibility index (Phi) is 7.15. The van der Waals surface area contributed by atoms with E-state index >= 15 is 0 Å². The first kappa shape index (κ1) is 19.6. The minimum absolute atomic E-state index is 0. The quantitative estimate of drug-likeness (QED) is 0.906. The van der Waals surface area contributed by atoms with Gasteiger partial charge in [-0.15, -0.1) is 12.4 Å². The van der Waals surface area contributed by atoms with Crippen molar-refractivity contribution in [1.29, 1.82) is 0 Å². The number of hydrogen-bond donors (Lipinski definition) is 1. The number of nitrogens with one attached hydrogen (secondary N) is 1. The fraction of sp³-hybridized carbons (Fsp3) is 0.533. The van der Waals surface area contributed by atoms with Gasteiger partial charge >= 0.3 is 6.18 Å². The zero-order valence-electron chi connectivity index (χ0n) is 12.7. The molecule has 0 saturated carbocycles. The highest BCUT2D eigenvalue weighted by Gasteiger charge is 2.30. The van der Waals surface area contributed by atoms with Gasteiger partial charge in [0.25, 0.3) is 5.91 Å². The molecule has 1 amide bonds. The Bertz CT molecular complexity index is 500. The van der Waals surface area contributed by atoms with Crippen LogP contribution in [0.5, 0.6) is 5.75 Å². The van der Waals surface area contributed by atoms with Crippen molar-refractivity contribution < 1.29 is 22.7 Å². The second-order valence-corrected chi connectivity index (χ2v) is 5.25. The summed E-state index contributed by atoms with van der Waals surface area (Å²) in [5.41, 5.74) is -0.736. The zero-order chi connectivity index (χ0) is 16.2. The van der Waals surface area contributed by atoms with Crippen LogP contribution in [0.4, 0.5) is 13.2 Å². The summed E-state index contributed by atoms with van der Waals surface area (Å²) >= 11 is 0. The monoisotopic (exact) mass is 352 g/mol. The Morgan fingerprint density at radius 3 is 2.30 bits per heavy atom. The summed E-state index contributed by atoms with van der Waals surface area (Å²) in [6.07, 6.45) is -2.59. The molecule has 0 aromatic heterocycles. The summed E-state index contributed by atoms with van der Waals surface area (Å²) < 4.78 is 42.6. The Balaban J connectivity index is 0.00000264. The van der Waals surface area contributed by atoms with Crippen molar-refractivity contribution in [2.24, 2.45) is 0 Å². The van der Waals surface area contributed by atoms with Crippen molar-refractivity contribution in [3.05, 3.63) is 29.8 Å². The molecule has 1 aliphatic rings. The molecule has 0 spiro atoms. The van der Waals surface area contributed by atoms with Crippen LogP contribution in [0.15, 0.2) is 24.3 Å². The van der Waals surface area contributed by atoms with E-state index in [4.69, 9.17) is 4.74 Å². The Labute approximate surface area is 139 Å². The number of nitrogens with zero attached hydrogens (tertiary/aromatic N) is 1. The van der Waals surface area contributed by atoms with Gasteiger partial charge in [0, 0.05) is 19.1 Å². The van der Waals surface area contributed by atoms with Gasteiger partial charge in [0.2, 0.25) is 0 Å². The standard InChI is InChI=1S/C15H19F3N2O2.ClH/c1-19-12-6-8-20(9-7-12)14(21)10-22-13-4-2-11(3-5-13)15(16,17)18;/h2-5,12,19H,6-10H2,1H3;1H. The smallest absolute Gasteiger partial charge is 0.416 e. The Morgan fingerprint density at radius 2 is 1.83 bits per heavy atom. The van der Waals surface area contributed by atoms with Crippen molar-refractivity contribution in [3.8, 4) is 5.75 Å². The number of amides is 1. The van der Waals surface area contributed by atoms with Gasteiger partial charge in [-0.1, -0.05) is 0 Å². The average molecular weight is 353 g/mol. The highest BCUT2D eigenvalue weighted by atomic mass is 35.5. The number of halogens is 4. The number of ether oxygens (including phenoxy) is 1. The van der Waals surface area contributed by atoms with Gasteiger partial charge in [-0.05, 0) is 44.2 Å². The molecule has 0 bridgehead atoms. The summed E-state index contributed by atoms with van der Waals surface area (Å²) in [6.45, 7) is 1.18. The summed E-state index contributed by atoms with van der Waals surface area (Å²) in [5.74, 6) is 0.112. The van der Waals surface area contributed by atoms with Gasteiger partial charge in [-0.25, -0.2) is 0 Å². The number of alkyl halides is 3. The molecular weight excluding hydrogens is 333 g/mol. The largest absolute Gasteiger partial charge is 0.484 e. The van der Waals surface area contributed by atoms with Gasteiger partial charge in [-0.2, -0.15) is 13.2 Å². The third-order valence-corrected chi connectivity index (χ3v) is 3.80. The van der Waals surface area contributed by atoms with E-state index in [1.165, 1.54) is 12.1 Å². The number of hydrogen-bond acceptors (Lipinski definition) is 3. The molecule has 1 heterocycles. The Morgan fingerprint density at radius 1 is 1.26 bits per heavy atom. The lowest BCUT2D eigenvalue weighted by atomic mass is 10.1. The van der Waals surface area contributed by atoms with Gasteiger partial charge in [-0.3, -0.25) is 4.79 Å². The summed E-state index contributed by atoms with van der Waals surface area (Å²) in [6, 6.07) is 4.77. The van der Waals surface area contributed by atoms with Crippen molar-refractivity contribution >= 4 is 18.3 Å². The third-order valence-electron chi connectivity index (χ3n) is 3.80. The van der Waals surface area contributed by atoms with E-state index in [2.05, 4.69) is 5.32 Å². The van der Waals surface area contributed by atoms with Crippen LogP contribution in [0.3, 0.4) is 0 Å². The second-order valence-electron chi connectivity index (χ2n) is 5.25. The van der Waals surface area contributed by atoms with Crippen molar-refractivity contribution in [2.75, 3.05) is 26.7 Å². The first-order valence-electron chi connectivity index (χ1n) is 7.15. The first-order chi connectivity index (χ1) is 10.4. The predicted molar refractivity (Wildman–Crippen MR) is 82.8 cm³/mol. The van der Waals surface area contributed by atoms with Crippen LogP contribution in [-0.2, 0) is 11.0 Å². The molecule has 1 aromatic carbocycles. The fourth-order valence-corrected chi connectivity index (χ4v) is 2.39. The maximum Gasteiger partial charge on any atom is 0.416 e. The number of likely N-dealkylation sites (tertiary alicyclic amines) is 1. The molecule has 0 unspecified atom stereocenters. The molecule has 0 aliphatic carbocycles. The number of piperidine rings is 1. The van der Waals surface area contributed by atoms with Crippen LogP contribution >= 0.6 is 12.4 Å². The number of rotatable bonds is 4. The molecule has 8 heteroatoms. The van der Waals surface area contributed by atoms with E-state index in [1.807, 2.05) is 7.05 Å². The summed E-state index contributed by atoms with van der Waals surface area (Å²) in [7, 11) is 1.90. The minimum Gasteiger partial charge on any atom is -0.484 e. The molecule has 2 rings (SSSR count). The fourth-order valence-electron chi connectivity index (χ4n) is 2.39. The lowest BCUT2D eigenvalue weighted by Gasteiger charge is -2.31. The number of benzene rings is 1. The van der Waals surface area contributed by atoms with E-state index in [0.29, 0.717) is 19.1 Å². The molecule has 0 radical (unpaired) electrons. The zero-order valence-corrected chi connectivity index (χ0v) is 13.5. The maximum absolute atomic E-state index is 12.4. The summed E-state index contributed by atoms with van der Waals surface area (Å²) in [5, 5.41) is 3.18. The highest BCUT2D eigenvalue weighted by Crippen LogP contribution is 2.30. The molecule has 1 saturated heterocycles. The maximum atomic E-state index is 12.4. The molecule has 1 fully saturated rings. The van der Waals surface area contributed by atoms with Crippen molar-refractivity contribution in [2.45, 2.75) is 25.1 Å². The molecular formula is C15H20ClF3N2O2. The Hall–Kier alpha value is -1.47. The normalized spacial score (nSPS) is 15.9. The molecule has 1 aromatic rings. The second kappa shape index (κ2) is 8.40. The van der Waals surface area contributed by atoms with Crippen LogP contribution in [-0.4, -0.2) is 43.6 Å². The van der Waals surface area contributed by atoms with Gasteiger partial charge in [0.15, 0.2) is 6.61 Å². The average Bonchev–Trinajstić information content (AvgIpc) is 2.52. The van der Waals surface area contributed by atoms with Crippen LogP contribution in [0.2, 0.25) is 0 Å². The molecule has 130 valence electrons. The van der Waals surface area contributed by atoms with E-state index in [1.54, 1.807) is 4.90 Å². The lowest BCUT2D eigenvalue weighted by Crippen LogP contribution is -2.45. The topological polar surface area (TPSA) is 41.6 Å².